The molecule has 1 unspecified atom stereocenters. The predicted octanol–water partition coefficient (Wildman–Crippen LogP) is 0.873. The molecule has 1 atom stereocenters. The largest absolute Gasteiger partial charge is 0.508 e. The average Bonchev–Trinajstić information content (AvgIpc) is 2.42. The van der Waals surface area contributed by atoms with Gasteiger partial charge in [0.2, 0.25) is 0 Å². The molecule has 6 nitrogen and oxygen atoms in total. The van der Waals surface area contributed by atoms with E-state index in [2.05, 4.69) is 4.74 Å². The van der Waals surface area contributed by atoms with Crippen LogP contribution in [0.25, 0.3) is 6.08 Å². The Kier molecular flexibility index (Phi) is 6.25. The third kappa shape index (κ3) is 6.55. The fourth-order valence-corrected chi connectivity index (χ4v) is 1.24. The highest BCUT2D eigenvalue weighted by atomic mass is 16.6. The molecule has 1 aromatic carbocycles. The van der Waals surface area contributed by atoms with Crippen LogP contribution in [0.5, 0.6) is 5.75 Å². The first kappa shape index (κ1) is 15.7. The van der Waals surface area contributed by atoms with Gasteiger partial charge in [0.25, 0.3) is 0 Å². The van der Waals surface area contributed by atoms with E-state index in [1.54, 1.807) is 12.1 Å². The summed E-state index contributed by atoms with van der Waals surface area (Å²) in [6.45, 7) is 0.745. The van der Waals surface area contributed by atoms with E-state index in [1.165, 1.54) is 31.2 Å². The highest BCUT2D eigenvalue weighted by molar-refractivity contribution is 5.87. The highest BCUT2D eigenvalue weighted by Crippen LogP contribution is 2.10. The molecular formula is C14H16O6. The number of benzene rings is 1. The topological polar surface area (TPSA) is 93.1 Å². The number of rotatable bonds is 6. The number of carbonyl (C=O) groups excluding carboxylic acids is 2. The van der Waals surface area contributed by atoms with E-state index in [0.29, 0.717) is 0 Å². The summed E-state index contributed by atoms with van der Waals surface area (Å²) in [6, 6.07) is 6.25. The van der Waals surface area contributed by atoms with Crippen LogP contribution in [0.4, 0.5) is 0 Å². The summed E-state index contributed by atoms with van der Waals surface area (Å²) in [5, 5.41) is 18.4. The van der Waals surface area contributed by atoms with Gasteiger partial charge in [0, 0.05) is 13.0 Å². The molecule has 0 aromatic heterocycles. The Hall–Kier alpha value is -2.34. The predicted molar refractivity (Wildman–Crippen MR) is 70.7 cm³/mol. The molecule has 0 aliphatic heterocycles. The number of aliphatic hydroxyl groups excluding tert-OH is 1. The van der Waals surface area contributed by atoms with Crippen LogP contribution in [0.1, 0.15) is 12.5 Å². The van der Waals surface area contributed by atoms with Crippen molar-refractivity contribution in [3.63, 3.8) is 0 Å². The SMILES string of the molecule is CC(=O)OCC(O)COC(=O)C=Cc1ccc(O)cc1. The first-order valence-electron chi connectivity index (χ1n) is 5.92. The van der Waals surface area contributed by atoms with Crippen molar-refractivity contribution in [1.29, 1.82) is 0 Å². The maximum absolute atomic E-state index is 11.3. The zero-order valence-electron chi connectivity index (χ0n) is 11.0. The van der Waals surface area contributed by atoms with Crippen LogP contribution in [0.3, 0.4) is 0 Å². The van der Waals surface area contributed by atoms with Gasteiger partial charge < -0.3 is 19.7 Å². The number of carbonyl (C=O) groups is 2. The number of ether oxygens (including phenoxy) is 2. The maximum Gasteiger partial charge on any atom is 0.330 e. The first-order valence-corrected chi connectivity index (χ1v) is 5.92. The van der Waals surface area contributed by atoms with Gasteiger partial charge in [-0.2, -0.15) is 0 Å². The quantitative estimate of drug-likeness (QED) is 0.593. The molecule has 0 saturated heterocycles. The molecule has 0 aliphatic rings. The van der Waals surface area contributed by atoms with E-state index in [1.807, 2.05) is 0 Å². The Labute approximate surface area is 116 Å². The fourth-order valence-electron chi connectivity index (χ4n) is 1.24. The monoisotopic (exact) mass is 280 g/mol. The van der Waals surface area contributed by atoms with Crippen LogP contribution in [-0.2, 0) is 19.1 Å². The van der Waals surface area contributed by atoms with Gasteiger partial charge in [-0.1, -0.05) is 12.1 Å². The molecule has 2 N–H and O–H groups in total. The van der Waals surface area contributed by atoms with E-state index in [9.17, 15) is 14.7 Å². The minimum absolute atomic E-state index is 0.137. The minimum Gasteiger partial charge on any atom is -0.508 e. The molecule has 6 heteroatoms. The molecule has 0 spiro atoms. The lowest BCUT2D eigenvalue weighted by Crippen LogP contribution is -2.24. The number of hydrogen-bond acceptors (Lipinski definition) is 6. The summed E-state index contributed by atoms with van der Waals surface area (Å²) in [5.41, 5.74) is 0.722. The van der Waals surface area contributed by atoms with Gasteiger partial charge >= 0.3 is 11.9 Å². The van der Waals surface area contributed by atoms with Crippen molar-refractivity contribution in [2.75, 3.05) is 13.2 Å². The number of phenols is 1. The van der Waals surface area contributed by atoms with E-state index < -0.39 is 18.0 Å². The van der Waals surface area contributed by atoms with Gasteiger partial charge in [-0.05, 0) is 23.8 Å². The van der Waals surface area contributed by atoms with Gasteiger partial charge in [0.1, 0.15) is 25.1 Å². The van der Waals surface area contributed by atoms with Crippen LogP contribution in [-0.4, -0.2) is 41.5 Å². The summed E-state index contributed by atoms with van der Waals surface area (Å²) < 4.78 is 9.32. The number of esters is 2. The smallest absolute Gasteiger partial charge is 0.330 e. The van der Waals surface area contributed by atoms with Crippen molar-refractivity contribution < 1.29 is 29.3 Å². The minimum atomic E-state index is -1.05. The summed E-state index contributed by atoms with van der Waals surface area (Å²) in [4.78, 5) is 21.8. The van der Waals surface area contributed by atoms with Crippen LogP contribution in [0, 0.1) is 0 Å². The third-order valence-corrected chi connectivity index (χ3v) is 2.20. The highest BCUT2D eigenvalue weighted by Gasteiger charge is 2.08. The number of aromatic hydroxyl groups is 1. The second-order valence-corrected chi connectivity index (χ2v) is 4.01. The lowest BCUT2D eigenvalue weighted by molar-refractivity contribution is -0.148. The Morgan fingerprint density at radius 2 is 1.80 bits per heavy atom. The van der Waals surface area contributed by atoms with Gasteiger partial charge in [-0.3, -0.25) is 4.79 Å². The van der Waals surface area contributed by atoms with Crippen LogP contribution < -0.4 is 0 Å². The zero-order valence-corrected chi connectivity index (χ0v) is 11.0. The molecule has 0 fully saturated rings. The number of hydrogen-bond donors (Lipinski definition) is 2. The summed E-state index contributed by atoms with van der Waals surface area (Å²) in [6.07, 6.45) is 1.66. The molecule has 1 aromatic rings. The van der Waals surface area contributed by atoms with Gasteiger partial charge in [0.05, 0.1) is 0 Å². The van der Waals surface area contributed by atoms with Crippen molar-refractivity contribution in [2.24, 2.45) is 0 Å². The first-order chi connectivity index (χ1) is 9.47. The van der Waals surface area contributed by atoms with Crippen molar-refractivity contribution in [3.05, 3.63) is 35.9 Å². The van der Waals surface area contributed by atoms with Crippen LogP contribution in [0.2, 0.25) is 0 Å². The molecule has 0 radical (unpaired) electrons. The van der Waals surface area contributed by atoms with Crippen molar-refractivity contribution in [3.8, 4) is 5.75 Å². The molecular weight excluding hydrogens is 264 g/mol. The second-order valence-electron chi connectivity index (χ2n) is 4.01. The Morgan fingerprint density at radius 3 is 2.40 bits per heavy atom. The molecule has 1 rings (SSSR count). The van der Waals surface area contributed by atoms with Gasteiger partial charge in [-0.15, -0.1) is 0 Å². The van der Waals surface area contributed by atoms with Crippen LogP contribution >= 0.6 is 0 Å². The van der Waals surface area contributed by atoms with Crippen molar-refractivity contribution in [2.45, 2.75) is 13.0 Å². The summed E-state index contributed by atoms with van der Waals surface area (Å²) in [5.74, 6) is -0.999. The Balaban J connectivity index is 2.32. The van der Waals surface area contributed by atoms with E-state index in [4.69, 9.17) is 9.84 Å². The van der Waals surface area contributed by atoms with Gasteiger partial charge in [0.15, 0.2) is 0 Å². The lowest BCUT2D eigenvalue weighted by Gasteiger charge is -2.09. The van der Waals surface area contributed by atoms with E-state index >= 15 is 0 Å². The molecule has 0 bridgehead atoms. The van der Waals surface area contributed by atoms with Gasteiger partial charge in [-0.25, -0.2) is 4.79 Å². The maximum atomic E-state index is 11.3. The summed E-state index contributed by atoms with van der Waals surface area (Å²) in [7, 11) is 0. The standard InChI is InChI=1S/C14H16O6/c1-10(15)19-8-13(17)9-20-14(18)7-4-11-2-5-12(16)6-3-11/h2-7,13,16-17H,8-9H2,1H3. The normalized spacial score (nSPS) is 12.1. The van der Waals surface area contributed by atoms with Crippen molar-refractivity contribution in [1.82, 2.24) is 0 Å². The van der Waals surface area contributed by atoms with Crippen LogP contribution in [0.15, 0.2) is 30.3 Å². The molecule has 20 heavy (non-hydrogen) atoms. The fraction of sp³-hybridized carbons (Fsp3) is 0.286. The molecule has 0 heterocycles. The summed E-state index contributed by atoms with van der Waals surface area (Å²) >= 11 is 0. The second kappa shape index (κ2) is 7.96. The molecule has 0 amide bonds. The number of phenolic OH excluding ortho intramolecular Hbond substituents is 1. The van der Waals surface area contributed by atoms with E-state index in [0.717, 1.165) is 5.56 Å². The molecule has 108 valence electrons. The van der Waals surface area contributed by atoms with E-state index in [-0.39, 0.29) is 19.0 Å². The Bertz CT molecular complexity index is 477. The number of aliphatic hydroxyl groups is 1. The average molecular weight is 280 g/mol. The third-order valence-electron chi connectivity index (χ3n) is 2.20. The molecule has 0 saturated carbocycles. The van der Waals surface area contributed by atoms with Crippen molar-refractivity contribution >= 4 is 18.0 Å². The molecule has 0 aliphatic carbocycles. The Morgan fingerprint density at radius 1 is 1.20 bits per heavy atom. The zero-order chi connectivity index (χ0) is 15.0. The lowest BCUT2D eigenvalue weighted by atomic mass is 10.2.